The first-order chi connectivity index (χ1) is 11.2. The van der Waals surface area contributed by atoms with Crippen LogP contribution in [0.2, 0.25) is 0 Å². The van der Waals surface area contributed by atoms with Crippen LogP contribution in [0.1, 0.15) is 46.1 Å². The van der Waals surface area contributed by atoms with E-state index in [9.17, 15) is 10.1 Å². The van der Waals surface area contributed by atoms with Crippen molar-refractivity contribution in [2.45, 2.75) is 32.6 Å². The van der Waals surface area contributed by atoms with Crippen LogP contribution in [0, 0.1) is 17.2 Å². The monoisotopic (exact) mass is 324 g/mol. The zero-order valence-corrected chi connectivity index (χ0v) is 14.1. The molecule has 1 atom stereocenters. The third-order valence-electron chi connectivity index (χ3n) is 4.36. The number of carbonyl (C=O) groups excluding carboxylic acids is 1. The van der Waals surface area contributed by atoms with Crippen LogP contribution in [0.5, 0.6) is 0 Å². The summed E-state index contributed by atoms with van der Waals surface area (Å²) in [5, 5.41) is 13.7. The number of fused-ring (bicyclic) bond motifs is 1. The van der Waals surface area contributed by atoms with Crippen LogP contribution < -0.4 is 5.32 Å². The number of nitrogens with zero attached hydrogens (tertiary/aromatic N) is 1. The fraction of sp³-hybridized carbons (Fsp3) is 0.368. The number of rotatable bonds is 5. The van der Waals surface area contributed by atoms with Gasteiger partial charge in [0.2, 0.25) is 0 Å². The van der Waals surface area contributed by atoms with Crippen LogP contribution in [-0.4, -0.2) is 12.3 Å². The van der Waals surface area contributed by atoms with Crippen LogP contribution in [-0.2, 0) is 12.8 Å². The molecular formula is C19H20N2OS. The van der Waals surface area contributed by atoms with Crippen molar-refractivity contribution >= 4 is 22.1 Å². The molecule has 0 fully saturated rings. The largest absolute Gasteiger partial charge is 0.375 e. The Labute approximate surface area is 141 Å². The second kappa shape index (κ2) is 6.97. The van der Waals surface area contributed by atoms with Crippen LogP contribution in [0.4, 0.5) is 5.00 Å². The molecule has 118 valence electrons. The molecule has 0 bridgehead atoms. The maximum absolute atomic E-state index is 12.1. The summed E-state index contributed by atoms with van der Waals surface area (Å²) in [6.07, 6.45) is 3.66. The molecule has 0 radical (unpaired) electrons. The molecule has 1 aromatic carbocycles. The number of Topliss-reactive ketones (excluding diaryl/α,β-unsaturated/α-hetero) is 1. The molecule has 0 aliphatic heterocycles. The molecule has 0 saturated carbocycles. The summed E-state index contributed by atoms with van der Waals surface area (Å²) in [5.41, 5.74) is 2.77. The Kier molecular flexibility index (Phi) is 4.78. The lowest BCUT2D eigenvalue weighted by Crippen LogP contribution is -2.10. The SMILES string of the molecule is CC1CCc2c(sc(NCCC(=O)c3ccccc3)c2C#N)C1. The van der Waals surface area contributed by atoms with Crippen molar-refractivity contribution in [3.8, 4) is 6.07 Å². The van der Waals surface area contributed by atoms with E-state index in [2.05, 4.69) is 18.3 Å². The number of thiophene rings is 1. The quantitative estimate of drug-likeness (QED) is 0.828. The van der Waals surface area contributed by atoms with E-state index in [-0.39, 0.29) is 5.78 Å². The number of carbonyl (C=O) groups is 1. The first-order valence-electron chi connectivity index (χ1n) is 8.05. The van der Waals surface area contributed by atoms with Crippen LogP contribution in [0.25, 0.3) is 0 Å². The van der Waals surface area contributed by atoms with Crippen molar-refractivity contribution in [1.29, 1.82) is 5.26 Å². The van der Waals surface area contributed by atoms with E-state index in [0.717, 1.165) is 35.4 Å². The summed E-state index contributed by atoms with van der Waals surface area (Å²) in [6.45, 7) is 2.83. The fourth-order valence-corrected chi connectivity index (χ4v) is 4.44. The van der Waals surface area contributed by atoms with Gasteiger partial charge in [0.1, 0.15) is 11.1 Å². The highest BCUT2D eigenvalue weighted by atomic mass is 32.1. The van der Waals surface area contributed by atoms with Crippen molar-refractivity contribution in [2.24, 2.45) is 5.92 Å². The van der Waals surface area contributed by atoms with E-state index in [0.29, 0.717) is 18.9 Å². The second-order valence-electron chi connectivity index (χ2n) is 6.13. The Morgan fingerprint density at radius 1 is 1.39 bits per heavy atom. The van der Waals surface area contributed by atoms with Gasteiger partial charge in [-0.25, -0.2) is 0 Å². The predicted octanol–water partition coefficient (Wildman–Crippen LogP) is 4.43. The standard InChI is InChI=1S/C19H20N2OS/c1-13-7-8-15-16(12-20)19(23-18(15)11-13)21-10-9-17(22)14-5-3-2-4-6-14/h2-6,13,21H,7-11H2,1H3. The zero-order chi connectivity index (χ0) is 16.2. The molecule has 1 N–H and O–H groups in total. The summed E-state index contributed by atoms with van der Waals surface area (Å²) in [4.78, 5) is 13.5. The maximum Gasteiger partial charge on any atom is 0.164 e. The summed E-state index contributed by atoms with van der Waals surface area (Å²) in [5.74, 6) is 0.826. The molecule has 1 unspecified atom stereocenters. The van der Waals surface area contributed by atoms with Crippen molar-refractivity contribution in [3.63, 3.8) is 0 Å². The van der Waals surface area contributed by atoms with E-state index >= 15 is 0 Å². The van der Waals surface area contributed by atoms with E-state index in [4.69, 9.17) is 0 Å². The van der Waals surface area contributed by atoms with Gasteiger partial charge >= 0.3 is 0 Å². The number of ketones is 1. The van der Waals surface area contributed by atoms with Crippen LogP contribution >= 0.6 is 11.3 Å². The molecule has 1 aromatic heterocycles. The Hall–Kier alpha value is -2.12. The highest BCUT2D eigenvalue weighted by Crippen LogP contribution is 2.39. The molecule has 0 amide bonds. The lowest BCUT2D eigenvalue weighted by Gasteiger charge is -2.17. The topological polar surface area (TPSA) is 52.9 Å². The van der Waals surface area contributed by atoms with Crippen molar-refractivity contribution in [3.05, 3.63) is 51.9 Å². The van der Waals surface area contributed by atoms with Gasteiger partial charge in [0.25, 0.3) is 0 Å². The van der Waals surface area contributed by atoms with E-state index in [1.807, 2.05) is 30.3 Å². The number of hydrogen-bond donors (Lipinski definition) is 1. The van der Waals surface area contributed by atoms with Gasteiger partial charge in [-0.1, -0.05) is 37.3 Å². The molecule has 3 nitrogen and oxygen atoms in total. The summed E-state index contributed by atoms with van der Waals surface area (Å²) >= 11 is 1.69. The van der Waals surface area contributed by atoms with E-state index in [1.54, 1.807) is 11.3 Å². The smallest absolute Gasteiger partial charge is 0.164 e. The summed E-state index contributed by atoms with van der Waals surface area (Å²) in [7, 11) is 0. The summed E-state index contributed by atoms with van der Waals surface area (Å²) in [6, 6.07) is 11.7. The maximum atomic E-state index is 12.1. The van der Waals surface area contributed by atoms with Crippen LogP contribution in [0.15, 0.2) is 30.3 Å². The highest BCUT2D eigenvalue weighted by Gasteiger charge is 2.23. The molecule has 1 aliphatic carbocycles. The van der Waals surface area contributed by atoms with Gasteiger partial charge in [0.05, 0.1) is 5.56 Å². The molecule has 3 rings (SSSR count). The van der Waals surface area contributed by atoms with Crippen molar-refractivity contribution < 1.29 is 4.79 Å². The highest BCUT2D eigenvalue weighted by molar-refractivity contribution is 7.16. The van der Waals surface area contributed by atoms with Crippen LogP contribution in [0.3, 0.4) is 0 Å². The third-order valence-corrected chi connectivity index (χ3v) is 5.57. The summed E-state index contributed by atoms with van der Waals surface area (Å²) < 4.78 is 0. The van der Waals surface area contributed by atoms with Gasteiger partial charge in [-0.3, -0.25) is 4.79 Å². The van der Waals surface area contributed by atoms with Gasteiger partial charge < -0.3 is 5.32 Å². The number of benzene rings is 1. The Morgan fingerprint density at radius 3 is 2.91 bits per heavy atom. The Bertz CT molecular complexity index is 743. The lowest BCUT2D eigenvalue weighted by atomic mass is 9.89. The number of nitrogens with one attached hydrogen (secondary N) is 1. The lowest BCUT2D eigenvalue weighted by molar-refractivity contribution is 0.0986. The number of nitriles is 1. The zero-order valence-electron chi connectivity index (χ0n) is 13.3. The minimum Gasteiger partial charge on any atom is -0.375 e. The third kappa shape index (κ3) is 3.46. The minimum absolute atomic E-state index is 0.131. The van der Waals surface area contributed by atoms with E-state index < -0.39 is 0 Å². The molecule has 1 aliphatic rings. The molecular weight excluding hydrogens is 304 g/mol. The number of hydrogen-bond acceptors (Lipinski definition) is 4. The van der Waals surface area contributed by atoms with Gasteiger partial charge in [-0.05, 0) is 30.7 Å². The van der Waals surface area contributed by atoms with Crippen molar-refractivity contribution in [1.82, 2.24) is 0 Å². The molecule has 0 saturated heterocycles. The Morgan fingerprint density at radius 2 is 2.17 bits per heavy atom. The average molecular weight is 324 g/mol. The van der Waals surface area contributed by atoms with Gasteiger partial charge in [-0.2, -0.15) is 5.26 Å². The normalized spacial score (nSPS) is 16.4. The van der Waals surface area contributed by atoms with Gasteiger partial charge in [0, 0.05) is 23.4 Å². The minimum atomic E-state index is 0.131. The molecule has 0 spiro atoms. The first-order valence-corrected chi connectivity index (χ1v) is 8.87. The molecule has 2 aromatic rings. The number of anilines is 1. The van der Waals surface area contributed by atoms with E-state index in [1.165, 1.54) is 10.4 Å². The molecule has 23 heavy (non-hydrogen) atoms. The Balaban J connectivity index is 1.65. The fourth-order valence-electron chi connectivity index (χ4n) is 3.05. The molecule has 4 heteroatoms. The average Bonchev–Trinajstić information content (AvgIpc) is 2.91. The second-order valence-corrected chi connectivity index (χ2v) is 7.24. The van der Waals surface area contributed by atoms with Gasteiger partial charge in [0.15, 0.2) is 5.78 Å². The first kappa shape index (κ1) is 15.8. The molecule has 1 heterocycles. The van der Waals surface area contributed by atoms with Gasteiger partial charge in [-0.15, -0.1) is 11.3 Å². The predicted molar refractivity (Wildman–Crippen MR) is 94.1 cm³/mol. The van der Waals surface area contributed by atoms with Crippen molar-refractivity contribution in [2.75, 3.05) is 11.9 Å².